The molecule has 0 unspecified atom stereocenters. The Morgan fingerprint density at radius 2 is 1.95 bits per heavy atom. The number of fused-ring (bicyclic) bond motifs is 1. The van der Waals surface area contributed by atoms with Crippen molar-refractivity contribution in [2.24, 2.45) is 0 Å². The molecule has 0 saturated carbocycles. The quantitative estimate of drug-likeness (QED) is 0.785. The minimum atomic E-state index is -0.808. The summed E-state index contributed by atoms with van der Waals surface area (Å²) in [5.74, 6) is -0.283. The van der Waals surface area contributed by atoms with Crippen molar-refractivity contribution in [3.8, 4) is 11.5 Å². The number of oxazole rings is 1. The fourth-order valence-electron chi connectivity index (χ4n) is 2.10. The zero-order valence-corrected chi connectivity index (χ0v) is 11.8. The Bertz CT molecular complexity index is 793. The third-order valence-corrected chi connectivity index (χ3v) is 3.42. The van der Waals surface area contributed by atoms with Crippen molar-refractivity contribution in [2.75, 3.05) is 0 Å². The van der Waals surface area contributed by atoms with Crippen molar-refractivity contribution in [1.82, 2.24) is 4.98 Å². The second-order valence-electron chi connectivity index (χ2n) is 4.72. The Morgan fingerprint density at radius 3 is 2.67 bits per heavy atom. The van der Waals surface area contributed by atoms with Gasteiger partial charge in [-0.25, -0.2) is 4.98 Å². The molecule has 0 saturated heterocycles. The van der Waals surface area contributed by atoms with Gasteiger partial charge in [0.05, 0.1) is 0 Å². The van der Waals surface area contributed by atoms with E-state index >= 15 is 0 Å². The molecule has 0 fully saturated rings. The normalized spacial score (nSPS) is 10.9. The van der Waals surface area contributed by atoms with Crippen molar-refractivity contribution in [3.63, 3.8) is 0 Å². The number of aliphatic carboxylic acids is 1. The molecule has 3 aromatic rings. The Hall–Kier alpha value is -2.33. The van der Waals surface area contributed by atoms with Gasteiger partial charge in [0.1, 0.15) is 5.52 Å². The predicted molar refractivity (Wildman–Crippen MR) is 80.4 cm³/mol. The summed E-state index contributed by atoms with van der Waals surface area (Å²) in [5.41, 5.74) is 3.19. The third-order valence-electron chi connectivity index (χ3n) is 3.17. The van der Waals surface area contributed by atoms with Crippen LogP contribution in [0.1, 0.15) is 12.0 Å². The first-order valence-electron chi connectivity index (χ1n) is 6.49. The molecule has 0 radical (unpaired) electrons. The zero-order valence-electron chi connectivity index (χ0n) is 11.0. The lowest BCUT2D eigenvalue weighted by molar-refractivity contribution is -0.136. The van der Waals surface area contributed by atoms with Gasteiger partial charge in [0.15, 0.2) is 5.58 Å². The number of halogens is 1. The first-order valence-corrected chi connectivity index (χ1v) is 6.87. The molecule has 0 aliphatic heterocycles. The summed E-state index contributed by atoms with van der Waals surface area (Å²) >= 11 is 5.86. The van der Waals surface area contributed by atoms with E-state index in [9.17, 15) is 4.79 Å². The van der Waals surface area contributed by atoms with E-state index in [1.807, 2.05) is 30.3 Å². The summed E-state index contributed by atoms with van der Waals surface area (Å²) in [7, 11) is 0. The van der Waals surface area contributed by atoms with Crippen LogP contribution in [-0.4, -0.2) is 16.1 Å². The molecular weight excluding hydrogens is 290 g/mol. The van der Waals surface area contributed by atoms with Crippen LogP contribution in [0.4, 0.5) is 0 Å². The Morgan fingerprint density at radius 1 is 1.19 bits per heavy atom. The minimum absolute atomic E-state index is 0.105. The van der Waals surface area contributed by atoms with Gasteiger partial charge in [0, 0.05) is 17.0 Å². The van der Waals surface area contributed by atoms with Gasteiger partial charge in [-0.2, -0.15) is 0 Å². The number of aryl methyl sites for hydroxylation is 1. The van der Waals surface area contributed by atoms with Gasteiger partial charge in [-0.05, 0) is 48.4 Å². The van der Waals surface area contributed by atoms with Crippen LogP contribution in [0.25, 0.3) is 22.6 Å². The highest BCUT2D eigenvalue weighted by Gasteiger charge is 2.09. The molecule has 1 N–H and O–H groups in total. The van der Waals surface area contributed by atoms with E-state index in [1.165, 1.54) is 0 Å². The minimum Gasteiger partial charge on any atom is -0.481 e. The van der Waals surface area contributed by atoms with E-state index in [1.54, 1.807) is 12.1 Å². The number of rotatable bonds is 4. The third kappa shape index (κ3) is 3.06. The lowest BCUT2D eigenvalue weighted by Crippen LogP contribution is -1.97. The second kappa shape index (κ2) is 5.58. The fourth-order valence-corrected chi connectivity index (χ4v) is 2.22. The highest BCUT2D eigenvalue weighted by atomic mass is 35.5. The van der Waals surface area contributed by atoms with Gasteiger partial charge in [-0.15, -0.1) is 0 Å². The van der Waals surface area contributed by atoms with Crippen LogP contribution in [0.5, 0.6) is 0 Å². The summed E-state index contributed by atoms with van der Waals surface area (Å²) in [6, 6.07) is 12.8. The Kier molecular flexibility index (Phi) is 3.62. The van der Waals surface area contributed by atoms with E-state index in [0.717, 1.165) is 16.6 Å². The van der Waals surface area contributed by atoms with E-state index in [-0.39, 0.29) is 6.42 Å². The first-order chi connectivity index (χ1) is 10.1. The number of benzene rings is 2. The van der Waals surface area contributed by atoms with Crippen LogP contribution < -0.4 is 0 Å². The molecule has 21 heavy (non-hydrogen) atoms. The van der Waals surface area contributed by atoms with E-state index < -0.39 is 5.97 Å². The van der Waals surface area contributed by atoms with Crippen molar-refractivity contribution < 1.29 is 14.3 Å². The number of hydrogen-bond acceptors (Lipinski definition) is 3. The lowest BCUT2D eigenvalue weighted by Gasteiger charge is -1.96. The fraction of sp³-hybridized carbons (Fsp3) is 0.125. The molecule has 0 aliphatic rings. The van der Waals surface area contributed by atoms with Crippen LogP contribution in [0, 0.1) is 0 Å². The van der Waals surface area contributed by atoms with Gasteiger partial charge >= 0.3 is 5.97 Å². The van der Waals surface area contributed by atoms with Gasteiger partial charge in [-0.1, -0.05) is 17.7 Å². The molecule has 0 atom stereocenters. The zero-order chi connectivity index (χ0) is 14.8. The summed E-state index contributed by atoms with van der Waals surface area (Å²) in [5, 5.41) is 9.38. The Balaban J connectivity index is 1.92. The SMILES string of the molecule is O=C(O)CCc1ccc2oc(-c3ccc(Cl)cc3)nc2c1. The van der Waals surface area contributed by atoms with Crippen molar-refractivity contribution >= 4 is 28.7 Å². The molecule has 4 nitrogen and oxygen atoms in total. The van der Waals surface area contributed by atoms with Crippen molar-refractivity contribution in [3.05, 3.63) is 53.1 Å². The molecule has 5 heteroatoms. The topological polar surface area (TPSA) is 63.3 Å². The molecule has 0 bridgehead atoms. The lowest BCUT2D eigenvalue weighted by atomic mass is 10.1. The van der Waals surface area contributed by atoms with Crippen LogP contribution in [0.15, 0.2) is 46.9 Å². The van der Waals surface area contributed by atoms with Crippen LogP contribution in [0.2, 0.25) is 5.02 Å². The van der Waals surface area contributed by atoms with Crippen LogP contribution in [0.3, 0.4) is 0 Å². The molecule has 0 amide bonds. The van der Waals surface area contributed by atoms with Crippen LogP contribution >= 0.6 is 11.6 Å². The standard InChI is InChI=1S/C16H12ClNO3/c17-12-5-3-11(4-6-12)16-18-13-9-10(2-8-15(19)20)1-7-14(13)21-16/h1,3-7,9H,2,8H2,(H,19,20). The van der Waals surface area contributed by atoms with Crippen molar-refractivity contribution in [2.45, 2.75) is 12.8 Å². The predicted octanol–water partition coefficient (Wildman–Crippen LogP) is 4.17. The molecule has 1 aromatic heterocycles. The van der Waals surface area contributed by atoms with Gasteiger partial charge in [0.25, 0.3) is 0 Å². The van der Waals surface area contributed by atoms with Gasteiger partial charge in [0.2, 0.25) is 5.89 Å². The summed E-state index contributed by atoms with van der Waals surface area (Å²) < 4.78 is 5.70. The maximum Gasteiger partial charge on any atom is 0.303 e. The average Bonchev–Trinajstić information content (AvgIpc) is 2.88. The molecular formula is C16H12ClNO3. The molecule has 2 aromatic carbocycles. The number of nitrogens with zero attached hydrogens (tertiary/aromatic N) is 1. The number of carboxylic acids is 1. The highest BCUT2D eigenvalue weighted by Crippen LogP contribution is 2.26. The molecule has 3 rings (SSSR count). The number of hydrogen-bond donors (Lipinski definition) is 1. The smallest absolute Gasteiger partial charge is 0.303 e. The molecule has 106 valence electrons. The average molecular weight is 302 g/mol. The van der Waals surface area contributed by atoms with Gasteiger partial charge < -0.3 is 9.52 Å². The maximum atomic E-state index is 10.6. The van der Waals surface area contributed by atoms with Crippen LogP contribution in [-0.2, 0) is 11.2 Å². The highest BCUT2D eigenvalue weighted by molar-refractivity contribution is 6.30. The Labute approximate surface area is 126 Å². The largest absolute Gasteiger partial charge is 0.481 e. The van der Waals surface area contributed by atoms with E-state index in [2.05, 4.69) is 4.98 Å². The molecule has 1 heterocycles. The van der Waals surface area contributed by atoms with Crippen molar-refractivity contribution in [1.29, 1.82) is 0 Å². The summed E-state index contributed by atoms with van der Waals surface area (Å²) in [6.45, 7) is 0. The van der Waals surface area contributed by atoms with Gasteiger partial charge in [-0.3, -0.25) is 4.79 Å². The summed E-state index contributed by atoms with van der Waals surface area (Å²) in [4.78, 5) is 15.1. The maximum absolute atomic E-state index is 10.6. The van der Waals surface area contributed by atoms with E-state index in [4.69, 9.17) is 21.1 Å². The van der Waals surface area contributed by atoms with E-state index in [0.29, 0.717) is 22.9 Å². The number of carboxylic acid groups (broad SMARTS) is 1. The molecule has 0 aliphatic carbocycles. The molecule has 0 spiro atoms. The monoisotopic (exact) mass is 301 g/mol. The summed E-state index contributed by atoms with van der Waals surface area (Å²) in [6.07, 6.45) is 0.585. The second-order valence-corrected chi connectivity index (χ2v) is 5.16. The number of carbonyl (C=O) groups is 1. The number of aromatic nitrogens is 1. The first kappa shape index (κ1) is 13.6.